The highest BCUT2D eigenvalue weighted by molar-refractivity contribution is 7.92. The number of carbonyl (C=O) groups is 1. The summed E-state index contributed by atoms with van der Waals surface area (Å²) in [4.78, 5) is 13.1. The van der Waals surface area contributed by atoms with Crippen LogP contribution >= 0.6 is 11.3 Å². The minimum Gasteiger partial charge on any atom is -0.495 e. The third kappa shape index (κ3) is 4.78. The Bertz CT molecular complexity index is 1480. The van der Waals surface area contributed by atoms with Crippen molar-refractivity contribution >= 4 is 43.3 Å². The van der Waals surface area contributed by atoms with Crippen LogP contribution in [-0.2, 0) is 16.3 Å². The molecule has 35 heavy (non-hydrogen) atoms. The van der Waals surface area contributed by atoms with Gasteiger partial charge in [0, 0.05) is 5.56 Å². The number of thiophene rings is 1. The predicted octanol–water partition coefficient (Wildman–Crippen LogP) is 5.85. The van der Waals surface area contributed by atoms with Crippen molar-refractivity contribution in [1.29, 1.82) is 0 Å². The molecular weight excluding hydrogens is 487 g/mol. The van der Waals surface area contributed by atoms with E-state index in [2.05, 4.69) is 5.32 Å². The lowest BCUT2D eigenvalue weighted by Crippen LogP contribution is -2.08. The number of nitrogens with one attached hydrogen (secondary N) is 1. The minimum atomic E-state index is -4.10. The van der Waals surface area contributed by atoms with Crippen molar-refractivity contribution in [2.75, 3.05) is 18.2 Å². The summed E-state index contributed by atoms with van der Waals surface area (Å²) >= 11 is 0.922. The standard InChI is InChI=1S/C26H23FN2O4S2/c1-3-16-8-14-19(15-9-16)35(31,32)25-22(28)24(23(30)17-10-12-18(27)13-11-17)34-26(25)29-20-6-4-5-7-21(20)33-2/h4-15,29H,3,28H2,1-2H3. The summed E-state index contributed by atoms with van der Waals surface area (Å²) in [5.74, 6) is -0.502. The number of nitrogen functional groups attached to an aromatic ring is 1. The third-order valence-corrected chi connectivity index (χ3v) is 8.58. The van der Waals surface area contributed by atoms with Gasteiger partial charge in [0.1, 0.15) is 26.3 Å². The third-order valence-electron chi connectivity index (χ3n) is 5.48. The number of methoxy groups -OCH3 is 1. The normalized spacial score (nSPS) is 11.3. The molecule has 0 fully saturated rings. The molecule has 0 spiro atoms. The van der Waals surface area contributed by atoms with Crippen LogP contribution in [0.4, 0.5) is 20.8 Å². The lowest BCUT2D eigenvalue weighted by molar-refractivity contribution is 0.104. The number of rotatable bonds is 8. The fourth-order valence-electron chi connectivity index (χ4n) is 3.57. The number of carbonyl (C=O) groups excluding carboxylic acids is 1. The molecule has 0 atom stereocenters. The Hall–Kier alpha value is -3.69. The van der Waals surface area contributed by atoms with Crippen LogP contribution in [0.15, 0.2) is 82.6 Å². The van der Waals surface area contributed by atoms with Crippen molar-refractivity contribution in [3.63, 3.8) is 0 Å². The number of para-hydroxylation sites is 2. The summed E-state index contributed by atoms with van der Waals surface area (Å²) in [6.07, 6.45) is 0.762. The molecular formula is C26H23FN2O4S2. The predicted molar refractivity (Wildman–Crippen MR) is 136 cm³/mol. The number of sulfone groups is 1. The number of hydrogen-bond acceptors (Lipinski definition) is 7. The van der Waals surface area contributed by atoms with Gasteiger partial charge < -0.3 is 15.8 Å². The molecule has 3 N–H and O–H groups in total. The summed E-state index contributed by atoms with van der Waals surface area (Å²) in [7, 11) is -2.60. The Kier molecular flexibility index (Phi) is 6.90. The Morgan fingerprint density at radius 1 is 1.03 bits per heavy atom. The van der Waals surface area contributed by atoms with Gasteiger partial charge in [0.25, 0.3) is 0 Å². The smallest absolute Gasteiger partial charge is 0.211 e. The Morgan fingerprint density at radius 3 is 2.31 bits per heavy atom. The second-order valence-corrected chi connectivity index (χ2v) is 10.6. The second-order valence-electron chi connectivity index (χ2n) is 7.67. The van der Waals surface area contributed by atoms with Gasteiger partial charge in [-0.2, -0.15) is 0 Å². The van der Waals surface area contributed by atoms with Gasteiger partial charge in [0.05, 0.1) is 23.4 Å². The quantitative estimate of drug-likeness (QED) is 0.289. The molecule has 0 unspecified atom stereocenters. The van der Waals surface area contributed by atoms with Crippen molar-refractivity contribution in [2.24, 2.45) is 0 Å². The van der Waals surface area contributed by atoms with E-state index >= 15 is 0 Å². The first-order chi connectivity index (χ1) is 16.8. The molecule has 1 heterocycles. The highest BCUT2D eigenvalue weighted by atomic mass is 32.2. The maximum Gasteiger partial charge on any atom is 0.211 e. The van der Waals surface area contributed by atoms with E-state index < -0.39 is 21.4 Å². The molecule has 9 heteroatoms. The second kappa shape index (κ2) is 9.89. The van der Waals surface area contributed by atoms with Gasteiger partial charge in [-0.15, -0.1) is 11.3 Å². The Labute approximate surface area is 207 Å². The first-order valence-corrected chi connectivity index (χ1v) is 13.0. The van der Waals surface area contributed by atoms with Crippen LogP contribution in [-0.4, -0.2) is 21.3 Å². The molecule has 180 valence electrons. The molecule has 0 radical (unpaired) electrons. The van der Waals surface area contributed by atoms with Gasteiger partial charge in [-0.3, -0.25) is 4.79 Å². The van der Waals surface area contributed by atoms with Gasteiger partial charge >= 0.3 is 0 Å². The molecule has 6 nitrogen and oxygen atoms in total. The van der Waals surface area contributed by atoms with Gasteiger partial charge in [0.15, 0.2) is 0 Å². The number of nitrogens with two attached hydrogens (primary N) is 1. The summed E-state index contributed by atoms with van der Waals surface area (Å²) in [5, 5.41) is 3.27. The summed E-state index contributed by atoms with van der Waals surface area (Å²) in [6, 6.07) is 18.5. The molecule has 0 aliphatic carbocycles. The van der Waals surface area contributed by atoms with Crippen molar-refractivity contribution in [1.82, 2.24) is 0 Å². The molecule has 0 aliphatic heterocycles. The highest BCUT2D eigenvalue weighted by Gasteiger charge is 2.32. The summed E-state index contributed by atoms with van der Waals surface area (Å²) in [5.41, 5.74) is 7.87. The number of anilines is 3. The maximum absolute atomic E-state index is 13.7. The molecule has 3 aromatic carbocycles. The van der Waals surface area contributed by atoms with E-state index in [0.29, 0.717) is 11.4 Å². The monoisotopic (exact) mass is 510 g/mol. The van der Waals surface area contributed by atoms with E-state index in [1.807, 2.05) is 6.92 Å². The molecule has 0 aliphatic rings. The van der Waals surface area contributed by atoms with E-state index in [0.717, 1.165) is 35.5 Å². The molecule has 0 saturated carbocycles. The number of ether oxygens (including phenoxy) is 1. The van der Waals surface area contributed by atoms with E-state index in [-0.39, 0.29) is 30.9 Å². The van der Waals surface area contributed by atoms with Crippen LogP contribution in [0.3, 0.4) is 0 Å². The van der Waals surface area contributed by atoms with Crippen molar-refractivity contribution < 1.29 is 22.3 Å². The summed E-state index contributed by atoms with van der Waals surface area (Å²) < 4.78 is 46.2. The maximum atomic E-state index is 13.7. The number of aryl methyl sites for hydroxylation is 1. The molecule has 0 saturated heterocycles. The van der Waals surface area contributed by atoms with Gasteiger partial charge in [-0.1, -0.05) is 31.2 Å². The SMILES string of the molecule is CCc1ccc(S(=O)(=O)c2c(Nc3ccccc3OC)sc(C(=O)c3ccc(F)cc3)c2N)cc1. The zero-order valence-corrected chi connectivity index (χ0v) is 20.7. The minimum absolute atomic E-state index is 0.0396. The van der Waals surface area contributed by atoms with E-state index in [4.69, 9.17) is 10.5 Å². The van der Waals surface area contributed by atoms with Gasteiger partial charge in [-0.05, 0) is 60.5 Å². The number of hydrogen-bond donors (Lipinski definition) is 2. The lowest BCUT2D eigenvalue weighted by atomic mass is 10.1. The van der Waals surface area contributed by atoms with Gasteiger partial charge in [-0.25, -0.2) is 12.8 Å². The zero-order valence-electron chi connectivity index (χ0n) is 19.0. The van der Waals surface area contributed by atoms with Crippen molar-refractivity contribution in [3.05, 3.63) is 94.6 Å². The van der Waals surface area contributed by atoms with Crippen LogP contribution in [0.25, 0.3) is 0 Å². The number of ketones is 1. The Morgan fingerprint density at radius 2 is 1.69 bits per heavy atom. The van der Waals surface area contributed by atoms with Crippen LogP contribution in [0.2, 0.25) is 0 Å². The average molecular weight is 511 g/mol. The first-order valence-electron chi connectivity index (χ1n) is 10.7. The fraction of sp³-hybridized carbons (Fsp3) is 0.115. The lowest BCUT2D eigenvalue weighted by Gasteiger charge is -2.12. The highest BCUT2D eigenvalue weighted by Crippen LogP contribution is 2.45. The number of benzene rings is 3. The Balaban J connectivity index is 1.88. The average Bonchev–Trinajstić information content (AvgIpc) is 3.20. The van der Waals surface area contributed by atoms with E-state index in [1.54, 1.807) is 36.4 Å². The molecule has 4 rings (SSSR count). The largest absolute Gasteiger partial charge is 0.495 e. The zero-order chi connectivity index (χ0) is 25.2. The molecule has 0 bridgehead atoms. The van der Waals surface area contributed by atoms with Crippen LogP contribution < -0.4 is 15.8 Å². The van der Waals surface area contributed by atoms with Crippen LogP contribution in [0.5, 0.6) is 5.75 Å². The van der Waals surface area contributed by atoms with Crippen LogP contribution in [0, 0.1) is 5.82 Å². The summed E-state index contributed by atoms with van der Waals surface area (Å²) in [6.45, 7) is 1.98. The van der Waals surface area contributed by atoms with Gasteiger partial charge in [0.2, 0.25) is 15.6 Å². The fourth-order valence-corrected chi connectivity index (χ4v) is 6.50. The van der Waals surface area contributed by atoms with E-state index in [1.165, 1.54) is 31.4 Å². The van der Waals surface area contributed by atoms with Crippen molar-refractivity contribution in [3.8, 4) is 5.75 Å². The van der Waals surface area contributed by atoms with Crippen LogP contribution in [0.1, 0.15) is 27.7 Å². The molecule has 4 aromatic rings. The van der Waals surface area contributed by atoms with E-state index in [9.17, 15) is 17.6 Å². The van der Waals surface area contributed by atoms with Crippen molar-refractivity contribution in [2.45, 2.75) is 23.1 Å². The number of halogens is 1. The molecule has 0 amide bonds. The molecule has 1 aromatic heterocycles. The topological polar surface area (TPSA) is 98.5 Å². The first kappa shape index (κ1) is 24.4.